The number of nitrogens with one attached hydrogen (secondary N) is 1. The van der Waals surface area contributed by atoms with E-state index in [0.29, 0.717) is 6.04 Å². The van der Waals surface area contributed by atoms with Crippen molar-refractivity contribution in [1.29, 1.82) is 0 Å². The second-order valence-corrected chi connectivity index (χ2v) is 4.46. The summed E-state index contributed by atoms with van der Waals surface area (Å²) in [5.74, 6) is 0. The van der Waals surface area contributed by atoms with E-state index in [2.05, 4.69) is 31.2 Å². The van der Waals surface area contributed by atoms with E-state index < -0.39 is 0 Å². The zero-order valence-corrected chi connectivity index (χ0v) is 9.74. The largest absolute Gasteiger partial charge is 0.309 e. The number of nitrogens with zero attached hydrogens (tertiary/aromatic N) is 3. The lowest BCUT2D eigenvalue weighted by molar-refractivity contribution is 0.635. The Bertz CT molecular complexity index is 487. The van der Waals surface area contributed by atoms with Crippen molar-refractivity contribution in [2.24, 2.45) is 0 Å². The SMILES string of the molecule is Brc1nc(C2CCCN2)c2cnccn12. The number of halogens is 1. The number of aromatic nitrogens is 3. The van der Waals surface area contributed by atoms with Crippen molar-refractivity contribution in [2.75, 3.05) is 6.54 Å². The van der Waals surface area contributed by atoms with E-state index in [4.69, 9.17) is 0 Å². The van der Waals surface area contributed by atoms with Crippen molar-refractivity contribution in [1.82, 2.24) is 19.7 Å². The maximum atomic E-state index is 4.55. The van der Waals surface area contributed by atoms with Crippen LogP contribution in [-0.4, -0.2) is 20.9 Å². The van der Waals surface area contributed by atoms with Gasteiger partial charge >= 0.3 is 0 Å². The van der Waals surface area contributed by atoms with Gasteiger partial charge in [0.25, 0.3) is 0 Å². The Hall–Kier alpha value is -0.940. The predicted octanol–water partition coefficient (Wildman–Crippen LogP) is 1.92. The average Bonchev–Trinajstić information content (AvgIpc) is 2.87. The zero-order chi connectivity index (χ0) is 10.3. The molecule has 5 heteroatoms. The fraction of sp³-hybridized carbons (Fsp3) is 0.400. The standard InChI is InChI=1S/C10H11BrN4/c11-10-14-9(7-2-1-3-13-7)8-6-12-4-5-15(8)10/h4-7,13H,1-3H2. The molecule has 1 N–H and O–H groups in total. The molecule has 1 saturated heterocycles. The maximum Gasteiger partial charge on any atom is 0.182 e. The van der Waals surface area contributed by atoms with E-state index >= 15 is 0 Å². The third kappa shape index (κ3) is 1.46. The van der Waals surface area contributed by atoms with E-state index in [1.807, 2.05) is 16.8 Å². The molecule has 78 valence electrons. The first-order chi connectivity index (χ1) is 7.36. The summed E-state index contributed by atoms with van der Waals surface area (Å²) in [5.41, 5.74) is 2.19. The van der Waals surface area contributed by atoms with Crippen molar-refractivity contribution in [3.63, 3.8) is 0 Å². The summed E-state index contributed by atoms with van der Waals surface area (Å²) in [7, 11) is 0. The monoisotopic (exact) mass is 266 g/mol. The van der Waals surface area contributed by atoms with Gasteiger partial charge in [0.1, 0.15) is 0 Å². The van der Waals surface area contributed by atoms with E-state index in [-0.39, 0.29) is 0 Å². The van der Waals surface area contributed by atoms with Gasteiger partial charge in [0.05, 0.1) is 23.4 Å². The second-order valence-electron chi connectivity index (χ2n) is 3.75. The smallest absolute Gasteiger partial charge is 0.182 e. The Morgan fingerprint density at radius 1 is 1.53 bits per heavy atom. The molecule has 0 radical (unpaired) electrons. The third-order valence-electron chi connectivity index (χ3n) is 2.82. The van der Waals surface area contributed by atoms with Crippen molar-refractivity contribution in [2.45, 2.75) is 18.9 Å². The Morgan fingerprint density at radius 2 is 2.47 bits per heavy atom. The number of rotatable bonds is 1. The Labute approximate surface area is 95.9 Å². The van der Waals surface area contributed by atoms with Crippen LogP contribution in [0.4, 0.5) is 0 Å². The summed E-state index contributed by atoms with van der Waals surface area (Å²) in [6.07, 6.45) is 7.94. The molecule has 1 atom stereocenters. The topological polar surface area (TPSA) is 42.2 Å². The highest BCUT2D eigenvalue weighted by Crippen LogP contribution is 2.27. The molecule has 15 heavy (non-hydrogen) atoms. The van der Waals surface area contributed by atoms with E-state index in [1.54, 1.807) is 6.20 Å². The van der Waals surface area contributed by atoms with E-state index in [9.17, 15) is 0 Å². The molecular formula is C10H11BrN4. The molecule has 4 nitrogen and oxygen atoms in total. The average molecular weight is 267 g/mol. The second kappa shape index (κ2) is 3.57. The molecule has 0 aromatic carbocycles. The lowest BCUT2D eigenvalue weighted by Gasteiger charge is -2.06. The summed E-state index contributed by atoms with van der Waals surface area (Å²) in [6.45, 7) is 1.08. The van der Waals surface area contributed by atoms with E-state index in [1.165, 1.54) is 6.42 Å². The fourth-order valence-corrected chi connectivity index (χ4v) is 2.60. The minimum atomic E-state index is 0.385. The van der Waals surface area contributed by atoms with Crippen LogP contribution in [0.5, 0.6) is 0 Å². The molecule has 0 amide bonds. The molecule has 1 fully saturated rings. The number of hydrogen-bond acceptors (Lipinski definition) is 3. The van der Waals surface area contributed by atoms with Gasteiger partial charge in [-0.25, -0.2) is 4.98 Å². The van der Waals surface area contributed by atoms with Crippen LogP contribution < -0.4 is 5.32 Å². The minimum absolute atomic E-state index is 0.385. The first-order valence-corrected chi connectivity index (χ1v) is 5.86. The van der Waals surface area contributed by atoms with Gasteiger partial charge in [-0.2, -0.15) is 0 Å². The van der Waals surface area contributed by atoms with Gasteiger partial charge in [-0.15, -0.1) is 0 Å². The van der Waals surface area contributed by atoms with Crippen LogP contribution in [0.25, 0.3) is 5.52 Å². The molecule has 3 heterocycles. The molecule has 2 aromatic heterocycles. The Balaban J connectivity index is 2.17. The lowest BCUT2D eigenvalue weighted by atomic mass is 10.1. The van der Waals surface area contributed by atoms with Crippen molar-refractivity contribution >= 4 is 21.4 Å². The van der Waals surface area contributed by atoms with Crippen molar-refractivity contribution in [3.05, 3.63) is 29.0 Å². The van der Waals surface area contributed by atoms with Gasteiger partial charge in [0, 0.05) is 12.4 Å². The van der Waals surface area contributed by atoms with Crippen molar-refractivity contribution in [3.8, 4) is 0 Å². The summed E-state index contributed by atoms with van der Waals surface area (Å²) in [4.78, 5) is 8.70. The van der Waals surface area contributed by atoms with Crippen LogP contribution in [0.1, 0.15) is 24.6 Å². The molecule has 0 bridgehead atoms. The molecule has 1 unspecified atom stereocenters. The maximum absolute atomic E-state index is 4.55. The van der Waals surface area contributed by atoms with Crippen LogP contribution in [0.2, 0.25) is 0 Å². The minimum Gasteiger partial charge on any atom is -0.309 e. The summed E-state index contributed by atoms with van der Waals surface area (Å²) in [5, 5.41) is 3.45. The first-order valence-electron chi connectivity index (χ1n) is 5.07. The van der Waals surface area contributed by atoms with Crippen LogP contribution in [0.3, 0.4) is 0 Å². The van der Waals surface area contributed by atoms with Gasteiger partial charge in [0.2, 0.25) is 0 Å². The highest BCUT2D eigenvalue weighted by Gasteiger charge is 2.22. The Kier molecular flexibility index (Phi) is 2.21. The van der Waals surface area contributed by atoms with Crippen LogP contribution >= 0.6 is 15.9 Å². The summed E-state index contributed by atoms with van der Waals surface area (Å²) in [6, 6.07) is 0.385. The predicted molar refractivity (Wildman–Crippen MR) is 60.7 cm³/mol. The highest BCUT2D eigenvalue weighted by atomic mass is 79.9. The normalized spacial score (nSPS) is 21.3. The van der Waals surface area contributed by atoms with Gasteiger partial charge in [-0.3, -0.25) is 9.38 Å². The Morgan fingerprint density at radius 3 is 3.27 bits per heavy atom. The fourth-order valence-electron chi connectivity index (χ4n) is 2.10. The zero-order valence-electron chi connectivity index (χ0n) is 8.15. The molecule has 0 aliphatic carbocycles. The van der Waals surface area contributed by atoms with Crippen LogP contribution in [0.15, 0.2) is 23.3 Å². The number of hydrogen-bond donors (Lipinski definition) is 1. The first kappa shape index (κ1) is 9.30. The number of fused-ring (bicyclic) bond motifs is 1. The molecule has 2 aromatic rings. The summed E-state index contributed by atoms with van der Waals surface area (Å²) >= 11 is 3.46. The molecule has 1 aliphatic heterocycles. The van der Waals surface area contributed by atoms with Gasteiger partial charge < -0.3 is 5.32 Å². The van der Waals surface area contributed by atoms with Gasteiger partial charge in [-0.05, 0) is 35.3 Å². The van der Waals surface area contributed by atoms with Crippen molar-refractivity contribution < 1.29 is 0 Å². The quantitative estimate of drug-likeness (QED) is 0.858. The van der Waals surface area contributed by atoms with Gasteiger partial charge in [0.15, 0.2) is 4.73 Å². The molecule has 1 aliphatic rings. The van der Waals surface area contributed by atoms with Gasteiger partial charge in [-0.1, -0.05) is 0 Å². The third-order valence-corrected chi connectivity index (χ3v) is 3.38. The van der Waals surface area contributed by atoms with E-state index in [0.717, 1.165) is 28.9 Å². The number of imidazole rings is 1. The summed E-state index contributed by atoms with van der Waals surface area (Å²) < 4.78 is 2.87. The van der Waals surface area contributed by atoms with Crippen LogP contribution in [0, 0.1) is 0 Å². The molecular weight excluding hydrogens is 256 g/mol. The lowest BCUT2D eigenvalue weighted by Crippen LogP contribution is -2.13. The highest BCUT2D eigenvalue weighted by molar-refractivity contribution is 9.10. The molecule has 0 saturated carbocycles. The van der Waals surface area contributed by atoms with Crippen LogP contribution in [-0.2, 0) is 0 Å². The molecule has 0 spiro atoms. The molecule has 3 rings (SSSR count).